The quantitative estimate of drug-likeness (QED) is 0.0730. The minimum absolute atomic E-state index is 0.518. The molecule has 0 aliphatic rings. The fraction of sp³-hybridized carbons (Fsp3) is 0. The van der Waals surface area contributed by atoms with Crippen molar-refractivity contribution in [1.29, 1.82) is 0 Å². The van der Waals surface area contributed by atoms with Crippen molar-refractivity contribution in [3.8, 4) is 119 Å². The molecule has 0 N–H and O–H groups in total. The molecule has 460 valence electrons. The Bertz CT molecular complexity index is 5260. The van der Waals surface area contributed by atoms with Crippen LogP contribution in [0.25, 0.3) is 141 Å². The van der Waals surface area contributed by atoms with E-state index in [1.165, 1.54) is 20.7 Å². The topological polar surface area (TPSA) is 121 Å². The molecule has 0 bridgehead atoms. The minimum atomic E-state index is -3.05. The predicted octanol–water partition coefficient (Wildman–Crippen LogP) is 17.4. The molecule has 11 heteroatoms. The number of benzene rings is 13. The monoisotopic (exact) mass is 1270 g/mol. The Labute approximate surface area is 567 Å². The van der Waals surface area contributed by atoms with Gasteiger partial charge < -0.3 is 4.57 Å². The summed E-state index contributed by atoms with van der Waals surface area (Å²) in [5, 5.41) is 7.08. The van der Waals surface area contributed by atoms with Gasteiger partial charge in [0.1, 0.15) is 0 Å². The van der Waals surface area contributed by atoms with Crippen LogP contribution in [-0.2, 0) is 0 Å². The van der Waals surface area contributed by atoms with Gasteiger partial charge in [0.25, 0.3) is 0 Å². The van der Waals surface area contributed by atoms with Crippen molar-refractivity contribution in [1.82, 2.24) is 49.4 Å². The van der Waals surface area contributed by atoms with Crippen molar-refractivity contribution in [2.24, 2.45) is 0 Å². The van der Waals surface area contributed by atoms with Crippen molar-refractivity contribution in [3.63, 3.8) is 0 Å². The first-order valence-corrected chi connectivity index (χ1v) is 34.7. The Morgan fingerprint density at radius 1 is 0.184 bits per heavy atom. The van der Waals surface area contributed by atoms with E-state index in [-0.39, 0.29) is 0 Å². The second-order valence-electron chi connectivity index (χ2n) is 24.1. The van der Waals surface area contributed by atoms with Gasteiger partial charge in [-0.05, 0) is 44.5 Å². The van der Waals surface area contributed by atoms with Crippen LogP contribution in [0.5, 0.6) is 0 Å². The first-order chi connectivity index (χ1) is 48.6. The first kappa shape index (κ1) is 58.7. The maximum absolute atomic E-state index is 5.37. The zero-order valence-corrected chi connectivity index (χ0v) is 54.0. The van der Waals surface area contributed by atoms with Gasteiger partial charge in [0.2, 0.25) is 0 Å². The van der Waals surface area contributed by atoms with Crippen molar-refractivity contribution in [2.45, 2.75) is 0 Å². The Balaban J connectivity index is 0.972. The van der Waals surface area contributed by atoms with Crippen LogP contribution in [0.2, 0.25) is 0 Å². The van der Waals surface area contributed by atoms with Gasteiger partial charge in [-0.25, -0.2) is 44.9 Å². The molecule has 0 unspecified atom stereocenters. The summed E-state index contributed by atoms with van der Waals surface area (Å²) in [5.74, 6) is 4.98. The van der Waals surface area contributed by atoms with E-state index in [2.05, 4.69) is 174 Å². The SMILES string of the molecule is c1ccc(-c2nc(-c3ccccc3)nc(-c3ccc(-c4cccc([Si](c5ccccc5)(c5ccccc5)c5ccccc5)c4)c(-n4c5cc(-c6nc(-c7ccccc7)nc(-c7ccccc7)n6)ccc5c5ccc(-c6nc(-c7ccccc7)nc(-c7ccccc7)n6)cc54)c3)n2)cc1. The molecule has 0 atom stereocenters. The molecule has 0 aliphatic heterocycles. The maximum Gasteiger partial charge on any atom is 0.179 e. The van der Waals surface area contributed by atoms with Crippen LogP contribution in [0.1, 0.15) is 0 Å². The average molecular weight is 1270 g/mol. The zero-order chi connectivity index (χ0) is 65.2. The van der Waals surface area contributed by atoms with Crippen LogP contribution in [0.15, 0.2) is 352 Å². The summed E-state index contributed by atoms with van der Waals surface area (Å²) < 4.78 is 2.39. The van der Waals surface area contributed by atoms with E-state index in [0.717, 1.165) is 88.7 Å². The molecule has 0 fully saturated rings. The molecular weight excluding hydrogens is 1210 g/mol. The van der Waals surface area contributed by atoms with Gasteiger partial charge in [0.15, 0.2) is 60.5 Å². The number of rotatable bonds is 15. The zero-order valence-electron chi connectivity index (χ0n) is 53.0. The smallest absolute Gasteiger partial charge is 0.179 e. The van der Waals surface area contributed by atoms with E-state index < -0.39 is 8.07 Å². The van der Waals surface area contributed by atoms with E-state index in [1.54, 1.807) is 0 Å². The lowest BCUT2D eigenvalue weighted by molar-refractivity contribution is 1.07. The van der Waals surface area contributed by atoms with Crippen LogP contribution in [0.3, 0.4) is 0 Å². The number of fused-ring (bicyclic) bond motifs is 3. The van der Waals surface area contributed by atoms with Crippen LogP contribution in [-0.4, -0.2) is 57.5 Å². The Morgan fingerprint density at radius 3 is 0.735 bits per heavy atom. The lowest BCUT2D eigenvalue weighted by Gasteiger charge is -2.34. The number of aromatic nitrogens is 10. The van der Waals surface area contributed by atoms with Gasteiger partial charge in [-0.1, -0.05) is 334 Å². The third kappa shape index (κ3) is 11.1. The molecule has 0 saturated carbocycles. The normalized spacial score (nSPS) is 11.5. The molecule has 4 aromatic heterocycles. The lowest BCUT2D eigenvalue weighted by atomic mass is 10.00. The highest BCUT2D eigenvalue weighted by Crippen LogP contribution is 2.42. The molecule has 17 rings (SSSR count). The standard InChI is InChI=1S/C87H58N10Si/c1-10-29-59(30-11-1)79-88-80(60-31-12-2-13-32-60)92-85(91-79)66-49-52-73(65-41-28-48-72(55-65)98(69-42-22-7-23-43-69,70-44-24-8-25-45-70)71-46-26-9-27-47-71)76(56-66)97-77-57-67(86-93-81(61-33-14-3-15-34-61)89-82(94-86)62-35-16-4-17-36-62)50-53-74(77)75-54-51-68(58-78(75)97)87-95-83(63-37-18-5-19-38-63)90-84(96-87)64-39-20-6-21-40-64/h1-58H. The van der Waals surface area contributed by atoms with E-state index in [4.69, 9.17) is 44.9 Å². The Kier molecular flexibility index (Phi) is 15.4. The maximum atomic E-state index is 5.37. The summed E-state index contributed by atoms with van der Waals surface area (Å²) >= 11 is 0. The summed E-state index contributed by atoms with van der Waals surface area (Å²) in [4.78, 5) is 47.3. The van der Waals surface area contributed by atoms with Gasteiger partial charge in [-0.3, -0.25) is 0 Å². The highest BCUT2D eigenvalue weighted by Gasteiger charge is 2.41. The van der Waals surface area contributed by atoms with Crippen LogP contribution < -0.4 is 20.7 Å². The third-order valence-corrected chi connectivity index (χ3v) is 22.9. The molecule has 0 spiro atoms. The molecule has 4 heterocycles. The largest absolute Gasteiger partial charge is 0.309 e. The van der Waals surface area contributed by atoms with E-state index in [9.17, 15) is 0 Å². The molecule has 13 aromatic carbocycles. The van der Waals surface area contributed by atoms with Crippen LogP contribution in [0.4, 0.5) is 0 Å². The second kappa shape index (κ2) is 25.7. The van der Waals surface area contributed by atoms with Gasteiger partial charge in [0.05, 0.1) is 16.7 Å². The summed E-state index contributed by atoms with van der Waals surface area (Å²) in [7, 11) is -3.05. The van der Waals surface area contributed by atoms with E-state index >= 15 is 0 Å². The third-order valence-electron chi connectivity index (χ3n) is 18.1. The van der Waals surface area contributed by atoms with Crippen LogP contribution in [0, 0.1) is 0 Å². The highest BCUT2D eigenvalue weighted by atomic mass is 28.3. The van der Waals surface area contributed by atoms with Crippen molar-refractivity contribution >= 4 is 50.6 Å². The van der Waals surface area contributed by atoms with Crippen molar-refractivity contribution in [2.75, 3.05) is 0 Å². The van der Waals surface area contributed by atoms with Crippen LogP contribution >= 0.6 is 0 Å². The Morgan fingerprint density at radius 2 is 0.429 bits per heavy atom. The number of hydrogen-bond donors (Lipinski definition) is 0. The van der Waals surface area contributed by atoms with E-state index in [1.807, 2.05) is 182 Å². The van der Waals surface area contributed by atoms with Crippen molar-refractivity contribution in [3.05, 3.63) is 352 Å². The summed E-state index contributed by atoms with van der Waals surface area (Å²) in [6.07, 6.45) is 0. The number of nitrogens with zero attached hydrogens (tertiary/aromatic N) is 10. The van der Waals surface area contributed by atoms with Gasteiger partial charge in [-0.2, -0.15) is 0 Å². The molecule has 0 amide bonds. The molecule has 10 nitrogen and oxygen atoms in total. The fourth-order valence-corrected chi connectivity index (χ4v) is 18.2. The lowest BCUT2D eigenvalue weighted by Crippen LogP contribution is -2.74. The summed E-state index contributed by atoms with van der Waals surface area (Å²) in [6.45, 7) is 0. The molecule has 98 heavy (non-hydrogen) atoms. The highest BCUT2D eigenvalue weighted by molar-refractivity contribution is 7.20. The van der Waals surface area contributed by atoms with E-state index in [0.29, 0.717) is 52.4 Å². The fourth-order valence-electron chi connectivity index (χ4n) is 13.5. The predicted molar refractivity (Wildman–Crippen MR) is 399 cm³/mol. The Hall–Kier alpha value is -13.1. The first-order valence-electron chi connectivity index (χ1n) is 32.7. The molecule has 0 aliphatic carbocycles. The van der Waals surface area contributed by atoms with Gasteiger partial charge >= 0.3 is 0 Å². The molecular formula is C87H58N10Si. The van der Waals surface area contributed by atoms with Gasteiger partial charge in [0, 0.05) is 66.4 Å². The molecule has 0 saturated heterocycles. The second-order valence-corrected chi connectivity index (χ2v) is 27.9. The average Bonchev–Trinajstić information content (AvgIpc) is 1.30. The summed E-state index contributed by atoms with van der Waals surface area (Å²) in [5.41, 5.74) is 12.4. The minimum Gasteiger partial charge on any atom is -0.309 e. The molecule has 17 aromatic rings. The van der Waals surface area contributed by atoms with Gasteiger partial charge in [-0.15, -0.1) is 0 Å². The number of hydrogen-bond acceptors (Lipinski definition) is 9. The van der Waals surface area contributed by atoms with Crippen molar-refractivity contribution < 1.29 is 0 Å². The molecule has 0 radical (unpaired) electrons. The summed E-state index contributed by atoms with van der Waals surface area (Å²) in [6, 6.07) is 123.